The van der Waals surface area contributed by atoms with Gasteiger partial charge in [-0.25, -0.2) is 0 Å². The molecule has 1 aromatic carbocycles. The summed E-state index contributed by atoms with van der Waals surface area (Å²) in [4.78, 5) is 23.5. The van der Waals surface area contributed by atoms with Gasteiger partial charge in [-0.15, -0.1) is 6.58 Å². The first-order valence-corrected chi connectivity index (χ1v) is 7.24. The van der Waals surface area contributed by atoms with E-state index in [0.29, 0.717) is 17.7 Å². The minimum absolute atomic E-state index is 0.00813. The first-order valence-electron chi connectivity index (χ1n) is 7.24. The molecule has 1 saturated carbocycles. The van der Waals surface area contributed by atoms with E-state index in [1.807, 2.05) is 0 Å². The lowest BCUT2D eigenvalue weighted by Crippen LogP contribution is -2.41. The van der Waals surface area contributed by atoms with Crippen molar-refractivity contribution in [1.29, 1.82) is 0 Å². The highest BCUT2D eigenvalue weighted by Gasteiger charge is 2.42. The van der Waals surface area contributed by atoms with Crippen molar-refractivity contribution in [3.05, 3.63) is 42.5 Å². The SMILES string of the molecule is C=CCC1(C(=O)Nc2cccc(C(C)C(=O)O)c2)CCC1. The summed E-state index contributed by atoms with van der Waals surface area (Å²) in [5, 5.41) is 12.0. The third kappa shape index (κ3) is 3.15. The fourth-order valence-corrected chi connectivity index (χ4v) is 2.70. The largest absolute Gasteiger partial charge is 0.481 e. The van der Waals surface area contributed by atoms with Crippen LogP contribution >= 0.6 is 0 Å². The zero-order valence-electron chi connectivity index (χ0n) is 12.3. The van der Waals surface area contributed by atoms with Crippen LogP contribution in [-0.4, -0.2) is 17.0 Å². The van der Waals surface area contributed by atoms with Crippen molar-refractivity contribution >= 4 is 17.6 Å². The van der Waals surface area contributed by atoms with E-state index in [-0.39, 0.29) is 11.3 Å². The Balaban J connectivity index is 2.12. The Kier molecular flexibility index (Phi) is 4.46. The molecule has 0 spiro atoms. The number of carboxylic acids is 1. The van der Waals surface area contributed by atoms with Gasteiger partial charge in [-0.2, -0.15) is 0 Å². The fourth-order valence-electron chi connectivity index (χ4n) is 2.70. The number of allylic oxidation sites excluding steroid dienone is 1. The van der Waals surface area contributed by atoms with E-state index >= 15 is 0 Å². The standard InChI is InChI=1S/C17H21NO3/c1-3-8-17(9-5-10-17)16(21)18-14-7-4-6-13(11-14)12(2)15(19)20/h3-4,6-7,11-12H,1,5,8-10H2,2H3,(H,18,21)(H,19,20). The van der Waals surface area contributed by atoms with E-state index < -0.39 is 11.9 Å². The molecule has 21 heavy (non-hydrogen) atoms. The molecule has 0 aliphatic heterocycles. The van der Waals surface area contributed by atoms with Crippen LogP contribution in [0.5, 0.6) is 0 Å². The number of nitrogens with one attached hydrogen (secondary N) is 1. The Morgan fingerprint density at radius 1 is 1.48 bits per heavy atom. The third-order valence-electron chi connectivity index (χ3n) is 4.34. The molecule has 2 rings (SSSR count). The number of carbonyl (C=O) groups is 2. The first kappa shape index (κ1) is 15.3. The highest BCUT2D eigenvalue weighted by molar-refractivity contribution is 5.96. The summed E-state index contributed by atoms with van der Waals surface area (Å²) in [6.45, 7) is 5.36. The van der Waals surface area contributed by atoms with Crippen LogP contribution < -0.4 is 5.32 Å². The molecule has 1 aromatic rings. The van der Waals surface area contributed by atoms with Gasteiger partial charge in [0.2, 0.25) is 5.91 Å². The zero-order valence-corrected chi connectivity index (χ0v) is 12.3. The van der Waals surface area contributed by atoms with Crippen LogP contribution in [0.25, 0.3) is 0 Å². The van der Waals surface area contributed by atoms with Gasteiger partial charge < -0.3 is 10.4 Å². The van der Waals surface area contributed by atoms with Crippen molar-refractivity contribution in [1.82, 2.24) is 0 Å². The molecule has 0 heterocycles. The van der Waals surface area contributed by atoms with Crippen LogP contribution in [0.15, 0.2) is 36.9 Å². The Morgan fingerprint density at radius 2 is 2.19 bits per heavy atom. The lowest BCUT2D eigenvalue weighted by Gasteiger charge is -2.39. The molecule has 2 N–H and O–H groups in total. The molecule has 1 unspecified atom stereocenters. The number of rotatable bonds is 6. The molecule has 1 aliphatic carbocycles. The molecule has 1 fully saturated rings. The average Bonchev–Trinajstić information content (AvgIpc) is 2.42. The van der Waals surface area contributed by atoms with Crippen LogP contribution in [0.1, 0.15) is 44.1 Å². The van der Waals surface area contributed by atoms with E-state index in [1.165, 1.54) is 0 Å². The Labute approximate surface area is 124 Å². The molecule has 0 saturated heterocycles. The van der Waals surface area contributed by atoms with E-state index in [9.17, 15) is 9.59 Å². The number of carbonyl (C=O) groups excluding carboxylic acids is 1. The van der Waals surface area contributed by atoms with Gasteiger partial charge in [0.1, 0.15) is 0 Å². The summed E-state index contributed by atoms with van der Waals surface area (Å²) in [5.74, 6) is -1.46. The van der Waals surface area contributed by atoms with Crippen LogP contribution in [0.2, 0.25) is 0 Å². The zero-order chi connectivity index (χ0) is 15.5. The first-order chi connectivity index (χ1) is 9.98. The summed E-state index contributed by atoms with van der Waals surface area (Å²) in [6, 6.07) is 7.05. The number of hydrogen-bond acceptors (Lipinski definition) is 2. The molecule has 1 amide bonds. The van der Waals surface area contributed by atoms with Gasteiger partial charge >= 0.3 is 5.97 Å². The molecular formula is C17H21NO3. The van der Waals surface area contributed by atoms with Crippen LogP contribution in [0.3, 0.4) is 0 Å². The molecule has 0 radical (unpaired) electrons. The van der Waals surface area contributed by atoms with Gasteiger partial charge in [-0.1, -0.05) is 24.6 Å². The van der Waals surface area contributed by atoms with Crippen molar-refractivity contribution in [2.75, 3.05) is 5.32 Å². The summed E-state index contributed by atoms with van der Waals surface area (Å²) in [6.07, 6.45) is 5.31. The monoisotopic (exact) mass is 287 g/mol. The molecule has 4 heteroatoms. The topological polar surface area (TPSA) is 66.4 Å². The van der Waals surface area contributed by atoms with Gasteiger partial charge in [0.15, 0.2) is 0 Å². The van der Waals surface area contributed by atoms with Crippen molar-refractivity contribution in [2.45, 2.75) is 38.5 Å². The van der Waals surface area contributed by atoms with Gasteiger partial charge in [0.25, 0.3) is 0 Å². The van der Waals surface area contributed by atoms with Crippen LogP contribution in [0.4, 0.5) is 5.69 Å². The Bertz CT molecular complexity index is 561. The second kappa shape index (κ2) is 6.12. The van der Waals surface area contributed by atoms with Gasteiger partial charge in [0, 0.05) is 5.69 Å². The predicted molar refractivity (Wildman–Crippen MR) is 82.2 cm³/mol. The lowest BCUT2D eigenvalue weighted by atomic mass is 9.66. The highest BCUT2D eigenvalue weighted by atomic mass is 16.4. The molecule has 112 valence electrons. The number of aliphatic carboxylic acids is 1. The lowest BCUT2D eigenvalue weighted by molar-refractivity contribution is -0.138. The maximum absolute atomic E-state index is 12.4. The van der Waals surface area contributed by atoms with Crippen molar-refractivity contribution in [3.63, 3.8) is 0 Å². The number of benzene rings is 1. The number of carboxylic acid groups (broad SMARTS) is 1. The van der Waals surface area contributed by atoms with E-state index in [2.05, 4.69) is 11.9 Å². The van der Waals surface area contributed by atoms with Gasteiger partial charge in [-0.3, -0.25) is 9.59 Å². The number of anilines is 1. The quantitative estimate of drug-likeness (QED) is 0.786. The van der Waals surface area contributed by atoms with Crippen molar-refractivity contribution in [3.8, 4) is 0 Å². The van der Waals surface area contributed by atoms with Gasteiger partial charge in [0.05, 0.1) is 11.3 Å². The maximum atomic E-state index is 12.4. The van der Waals surface area contributed by atoms with Crippen LogP contribution in [0, 0.1) is 5.41 Å². The summed E-state index contributed by atoms with van der Waals surface area (Å²) in [7, 11) is 0. The minimum Gasteiger partial charge on any atom is -0.481 e. The third-order valence-corrected chi connectivity index (χ3v) is 4.34. The van der Waals surface area contributed by atoms with Gasteiger partial charge in [-0.05, 0) is 43.9 Å². The van der Waals surface area contributed by atoms with Crippen molar-refractivity contribution in [2.24, 2.45) is 5.41 Å². The van der Waals surface area contributed by atoms with Crippen LogP contribution in [-0.2, 0) is 9.59 Å². The molecular weight excluding hydrogens is 266 g/mol. The molecule has 4 nitrogen and oxygen atoms in total. The Morgan fingerprint density at radius 3 is 2.71 bits per heavy atom. The normalized spacial score (nSPS) is 17.4. The summed E-state index contributed by atoms with van der Waals surface area (Å²) >= 11 is 0. The number of hydrogen-bond donors (Lipinski definition) is 2. The maximum Gasteiger partial charge on any atom is 0.310 e. The minimum atomic E-state index is -0.874. The summed E-state index contributed by atoms with van der Waals surface area (Å²) < 4.78 is 0. The average molecular weight is 287 g/mol. The molecule has 1 atom stereocenters. The predicted octanol–water partition coefficient (Wildman–Crippen LogP) is 3.56. The highest BCUT2D eigenvalue weighted by Crippen LogP contribution is 2.45. The second-order valence-electron chi connectivity index (χ2n) is 5.77. The van der Waals surface area contributed by atoms with E-state index in [1.54, 1.807) is 37.3 Å². The van der Waals surface area contributed by atoms with E-state index in [0.717, 1.165) is 19.3 Å². The second-order valence-corrected chi connectivity index (χ2v) is 5.77. The Hall–Kier alpha value is -2.10. The van der Waals surface area contributed by atoms with E-state index in [4.69, 9.17) is 5.11 Å². The molecule has 0 bridgehead atoms. The van der Waals surface area contributed by atoms with Crippen molar-refractivity contribution < 1.29 is 14.7 Å². The smallest absolute Gasteiger partial charge is 0.310 e. The molecule has 0 aromatic heterocycles. The summed E-state index contributed by atoms with van der Waals surface area (Å²) in [5.41, 5.74) is 1.02. The number of amides is 1. The molecule has 1 aliphatic rings. The fraction of sp³-hybridized carbons (Fsp3) is 0.412.